The van der Waals surface area contributed by atoms with Crippen LogP contribution in [0.25, 0.3) is 10.8 Å². The third kappa shape index (κ3) is 5.30. The molecule has 0 N–H and O–H groups in total. The van der Waals surface area contributed by atoms with Crippen molar-refractivity contribution >= 4 is 10.8 Å². The van der Waals surface area contributed by atoms with Gasteiger partial charge in [-0.05, 0) is 29.2 Å². The molecule has 2 aromatic rings. The van der Waals surface area contributed by atoms with Crippen LogP contribution in [-0.2, 0) is 6.42 Å². The molecule has 0 unspecified atom stereocenters. The first kappa shape index (κ1) is 16.8. The number of rotatable bonds is 7. The van der Waals surface area contributed by atoms with Crippen LogP contribution in [0.3, 0.4) is 0 Å². The fourth-order valence-corrected chi connectivity index (χ4v) is 2.61. The monoisotopic (exact) mass is 264 g/mol. The summed E-state index contributed by atoms with van der Waals surface area (Å²) in [4.78, 5) is 0. The number of fused-ring (bicyclic) bond motifs is 1. The van der Waals surface area contributed by atoms with Crippen molar-refractivity contribution in [2.75, 3.05) is 0 Å². The van der Waals surface area contributed by atoms with E-state index in [4.69, 9.17) is 0 Å². The third-order valence-electron chi connectivity index (χ3n) is 3.68. The van der Waals surface area contributed by atoms with E-state index in [0.717, 1.165) is 0 Å². The van der Waals surface area contributed by atoms with E-state index in [1.54, 1.807) is 0 Å². The summed E-state index contributed by atoms with van der Waals surface area (Å²) in [5.74, 6) is 0. The average molecular weight is 264 g/mol. The standard InChI is InChI=1S/C18H24.Na.H/c1-2-3-4-5-6-7-11-16-13-10-14-17-12-8-9-15-18(16)17;;/h8-10,12-15H,2-7,11H2,1H3;;/q;+1;-1. The summed E-state index contributed by atoms with van der Waals surface area (Å²) >= 11 is 0. The van der Waals surface area contributed by atoms with Crippen LogP contribution in [0.5, 0.6) is 0 Å². The van der Waals surface area contributed by atoms with Crippen LogP contribution in [0.2, 0.25) is 0 Å². The maximum atomic E-state index is 2.29. The molecule has 0 nitrogen and oxygen atoms in total. The van der Waals surface area contributed by atoms with Gasteiger partial charge in [0.25, 0.3) is 0 Å². The van der Waals surface area contributed by atoms with Crippen molar-refractivity contribution in [3.05, 3.63) is 48.0 Å². The number of aryl methyl sites for hydroxylation is 1. The molecule has 2 aromatic carbocycles. The van der Waals surface area contributed by atoms with Gasteiger partial charge in [-0.3, -0.25) is 0 Å². The Balaban J connectivity index is 0.00000180. The maximum Gasteiger partial charge on any atom is 1.00 e. The largest absolute Gasteiger partial charge is 1.00 e. The molecule has 2 rings (SSSR count). The zero-order valence-electron chi connectivity index (χ0n) is 13.5. The fourth-order valence-electron chi connectivity index (χ4n) is 2.61. The van der Waals surface area contributed by atoms with E-state index in [0.29, 0.717) is 0 Å². The number of hydrogen-bond donors (Lipinski definition) is 0. The van der Waals surface area contributed by atoms with Gasteiger partial charge in [0.2, 0.25) is 0 Å². The van der Waals surface area contributed by atoms with E-state index in [1.807, 2.05) is 0 Å². The number of hydrogen-bond acceptors (Lipinski definition) is 0. The molecule has 0 saturated heterocycles. The summed E-state index contributed by atoms with van der Waals surface area (Å²) in [6.07, 6.45) is 9.48. The Morgan fingerprint density at radius 2 is 1.47 bits per heavy atom. The molecule has 19 heavy (non-hydrogen) atoms. The van der Waals surface area contributed by atoms with E-state index in [2.05, 4.69) is 49.4 Å². The second-order valence-corrected chi connectivity index (χ2v) is 5.16. The smallest absolute Gasteiger partial charge is 1.00 e. The Kier molecular flexibility index (Phi) is 8.45. The summed E-state index contributed by atoms with van der Waals surface area (Å²) in [5.41, 5.74) is 1.52. The summed E-state index contributed by atoms with van der Waals surface area (Å²) in [7, 11) is 0. The van der Waals surface area contributed by atoms with Crippen molar-refractivity contribution in [3.8, 4) is 0 Å². The van der Waals surface area contributed by atoms with Gasteiger partial charge in [0, 0.05) is 0 Å². The van der Waals surface area contributed by atoms with Gasteiger partial charge in [0.05, 0.1) is 0 Å². The molecular formula is C18H25Na. The molecule has 0 aliphatic rings. The Labute approximate surface area is 141 Å². The molecule has 0 aliphatic carbocycles. The van der Waals surface area contributed by atoms with Gasteiger partial charge in [-0.2, -0.15) is 0 Å². The van der Waals surface area contributed by atoms with Crippen molar-refractivity contribution in [1.29, 1.82) is 0 Å². The van der Waals surface area contributed by atoms with Gasteiger partial charge >= 0.3 is 29.6 Å². The first-order chi connectivity index (χ1) is 8.92. The van der Waals surface area contributed by atoms with Crippen LogP contribution in [0, 0.1) is 0 Å². The second-order valence-electron chi connectivity index (χ2n) is 5.16. The third-order valence-corrected chi connectivity index (χ3v) is 3.68. The molecule has 0 amide bonds. The van der Waals surface area contributed by atoms with E-state index >= 15 is 0 Å². The van der Waals surface area contributed by atoms with E-state index in [1.165, 1.54) is 61.3 Å². The Hall–Kier alpha value is -0.300. The van der Waals surface area contributed by atoms with E-state index in [9.17, 15) is 0 Å². The first-order valence-electron chi connectivity index (χ1n) is 7.38. The molecule has 0 bridgehead atoms. The van der Waals surface area contributed by atoms with Crippen LogP contribution in [-0.4, -0.2) is 0 Å². The van der Waals surface area contributed by atoms with Crippen molar-refractivity contribution in [2.24, 2.45) is 0 Å². The normalized spacial score (nSPS) is 10.4. The first-order valence-corrected chi connectivity index (χ1v) is 7.38. The molecule has 0 aliphatic heterocycles. The summed E-state index contributed by atoms with van der Waals surface area (Å²) in [5, 5.41) is 2.81. The molecule has 1 heteroatoms. The van der Waals surface area contributed by atoms with Crippen LogP contribution in [0.1, 0.15) is 52.4 Å². The van der Waals surface area contributed by atoms with Gasteiger partial charge < -0.3 is 1.43 Å². The van der Waals surface area contributed by atoms with E-state index in [-0.39, 0.29) is 31.0 Å². The molecule has 0 aromatic heterocycles. The number of unbranched alkanes of at least 4 members (excludes halogenated alkanes) is 5. The molecule has 98 valence electrons. The second kappa shape index (κ2) is 9.58. The van der Waals surface area contributed by atoms with Gasteiger partial charge in [-0.15, -0.1) is 0 Å². The Bertz CT molecular complexity index is 476. The SMILES string of the molecule is CCCCCCCCc1cccc2ccccc12.[H-].[Na+]. The van der Waals surface area contributed by atoms with E-state index < -0.39 is 0 Å². The Morgan fingerprint density at radius 1 is 0.789 bits per heavy atom. The minimum atomic E-state index is 0. The minimum Gasteiger partial charge on any atom is -1.00 e. The molecule has 0 fully saturated rings. The summed E-state index contributed by atoms with van der Waals surface area (Å²) in [6.45, 7) is 2.27. The quantitative estimate of drug-likeness (QED) is 0.533. The van der Waals surface area contributed by atoms with Gasteiger partial charge in [0.1, 0.15) is 0 Å². The maximum absolute atomic E-state index is 2.29. The van der Waals surface area contributed by atoms with Crippen LogP contribution in [0.4, 0.5) is 0 Å². The summed E-state index contributed by atoms with van der Waals surface area (Å²) < 4.78 is 0. The van der Waals surface area contributed by atoms with Gasteiger partial charge in [0.15, 0.2) is 0 Å². The summed E-state index contributed by atoms with van der Waals surface area (Å²) in [6, 6.07) is 15.4. The average Bonchev–Trinajstić information content (AvgIpc) is 2.43. The van der Waals surface area contributed by atoms with Crippen LogP contribution < -0.4 is 29.6 Å². The predicted molar refractivity (Wildman–Crippen MR) is 82.1 cm³/mol. The Morgan fingerprint density at radius 3 is 2.32 bits per heavy atom. The fraction of sp³-hybridized carbons (Fsp3) is 0.444. The molecule has 0 heterocycles. The number of benzene rings is 2. The molecule has 0 radical (unpaired) electrons. The molecule has 0 spiro atoms. The minimum absolute atomic E-state index is 0. The zero-order chi connectivity index (χ0) is 12.6. The molecule has 0 atom stereocenters. The zero-order valence-corrected chi connectivity index (χ0v) is 14.5. The van der Waals surface area contributed by atoms with Crippen LogP contribution >= 0.6 is 0 Å². The van der Waals surface area contributed by atoms with Crippen molar-refractivity contribution < 1.29 is 31.0 Å². The van der Waals surface area contributed by atoms with Gasteiger partial charge in [-0.25, -0.2) is 0 Å². The topological polar surface area (TPSA) is 0 Å². The van der Waals surface area contributed by atoms with Crippen molar-refractivity contribution in [1.82, 2.24) is 0 Å². The molecule has 0 saturated carbocycles. The molecular weight excluding hydrogens is 239 g/mol. The van der Waals surface area contributed by atoms with Crippen molar-refractivity contribution in [3.63, 3.8) is 0 Å². The van der Waals surface area contributed by atoms with Crippen molar-refractivity contribution in [2.45, 2.75) is 51.9 Å². The predicted octanol–water partition coefficient (Wildman–Crippen LogP) is 2.86. The van der Waals surface area contributed by atoms with Crippen LogP contribution in [0.15, 0.2) is 42.5 Å². The van der Waals surface area contributed by atoms with Gasteiger partial charge in [-0.1, -0.05) is 81.5 Å².